The van der Waals surface area contributed by atoms with E-state index in [0.29, 0.717) is 12.2 Å². The summed E-state index contributed by atoms with van der Waals surface area (Å²) in [5.74, 6) is -71.5. The van der Waals surface area contributed by atoms with Gasteiger partial charge >= 0.3 is 0 Å². The van der Waals surface area contributed by atoms with Gasteiger partial charge in [0, 0.05) is 5.56 Å². The second kappa shape index (κ2) is 19.4. The lowest BCUT2D eigenvalue weighted by Crippen LogP contribution is -2.81. The van der Waals surface area contributed by atoms with Crippen LogP contribution in [0.25, 0.3) is 6.08 Å². The maximum absolute atomic E-state index is 15.4. The monoisotopic (exact) mass is 980 g/mol. The number of nitrogens with zero attached hydrogens (tertiary/aromatic N) is 2. The van der Waals surface area contributed by atoms with Gasteiger partial charge in [0.2, 0.25) is 5.78 Å². The third kappa shape index (κ3) is 8.42. The Morgan fingerprint density at radius 3 is 1.04 bits per heavy atom. The molecule has 0 aliphatic carbocycles. The van der Waals surface area contributed by atoms with Gasteiger partial charge in [-0.25, -0.2) is 92.8 Å². The summed E-state index contributed by atoms with van der Waals surface area (Å²) in [6, 6.07) is 19.9. The molecule has 1 aromatic heterocycles. The molecule has 0 bridgehead atoms. The Morgan fingerprint density at radius 2 is 0.721 bits per heavy atom. The summed E-state index contributed by atoms with van der Waals surface area (Å²) >= 11 is 0. The first-order valence-corrected chi connectivity index (χ1v) is 18.4. The van der Waals surface area contributed by atoms with E-state index < -0.39 is 144 Å². The van der Waals surface area contributed by atoms with E-state index in [9.17, 15) is 57.5 Å². The van der Waals surface area contributed by atoms with Gasteiger partial charge < -0.3 is 0 Å². The van der Waals surface area contributed by atoms with Crippen LogP contribution < -0.4 is 26.4 Å². The molecule has 0 atom stereocenters. The maximum atomic E-state index is 15.4. The Bertz CT molecular complexity index is 2790. The van der Waals surface area contributed by atoms with Gasteiger partial charge in [-0.15, -0.1) is 21.9 Å². The van der Waals surface area contributed by atoms with Crippen LogP contribution in [0.5, 0.6) is 0 Å². The molecule has 0 spiro atoms. The summed E-state index contributed by atoms with van der Waals surface area (Å²) in [6.07, 6.45) is 1.45. The third-order valence-electron chi connectivity index (χ3n) is 10.2. The largest absolute Gasteiger partial charge is 0.287 e. The number of rotatable bonds is 9. The van der Waals surface area contributed by atoms with Crippen LogP contribution >= 0.6 is 0 Å². The zero-order valence-corrected chi connectivity index (χ0v) is 32.8. The van der Waals surface area contributed by atoms with Gasteiger partial charge in [0.25, 0.3) is 0 Å². The highest BCUT2D eigenvalue weighted by Crippen LogP contribution is 2.31. The molecular weight excluding hydrogens is 963 g/mol. The number of halogens is 20. The molecular formula is C44H17BF20N2O. The van der Waals surface area contributed by atoms with Crippen molar-refractivity contribution in [2.75, 3.05) is 0 Å². The molecule has 0 fully saturated rings. The third-order valence-corrected chi connectivity index (χ3v) is 10.2. The van der Waals surface area contributed by atoms with Crippen molar-refractivity contribution in [3.63, 3.8) is 0 Å². The molecule has 7 rings (SSSR count). The van der Waals surface area contributed by atoms with Crippen molar-refractivity contribution in [3.8, 4) is 0 Å². The lowest BCUT2D eigenvalue weighted by Gasteiger charge is -2.44. The van der Waals surface area contributed by atoms with Crippen LogP contribution in [-0.4, -0.2) is 16.9 Å². The Kier molecular flexibility index (Phi) is 14.2. The van der Waals surface area contributed by atoms with E-state index in [1.807, 2.05) is 59.3 Å². The molecule has 0 saturated carbocycles. The van der Waals surface area contributed by atoms with Crippen LogP contribution in [0.15, 0.2) is 85.3 Å². The van der Waals surface area contributed by atoms with E-state index in [1.165, 1.54) is 5.56 Å². The quantitative estimate of drug-likeness (QED) is 0.0275. The zero-order chi connectivity index (χ0) is 50.3. The maximum Gasteiger partial charge on any atom is 0.210 e. The Hall–Kier alpha value is -7.53. The highest BCUT2D eigenvalue weighted by Gasteiger charge is 2.52. The van der Waals surface area contributed by atoms with Crippen molar-refractivity contribution < 1.29 is 97.2 Å². The average Bonchev–Trinajstić information content (AvgIpc) is 3.34. The molecule has 24 heteroatoms. The molecule has 7 aromatic rings. The van der Waals surface area contributed by atoms with E-state index in [0.717, 1.165) is 5.56 Å². The van der Waals surface area contributed by atoms with Crippen molar-refractivity contribution in [3.05, 3.63) is 218 Å². The molecule has 0 aliphatic rings. The fourth-order valence-corrected chi connectivity index (χ4v) is 7.15. The molecule has 6 aromatic carbocycles. The van der Waals surface area contributed by atoms with Crippen LogP contribution in [0.3, 0.4) is 0 Å². The summed E-state index contributed by atoms with van der Waals surface area (Å²) in [6.45, 7) is 0.714. The predicted molar refractivity (Wildman–Crippen MR) is 199 cm³/mol. The van der Waals surface area contributed by atoms with E-state index in [-0.39, 0.29) is 5.78 Å². The van der Waals surface area contributed by atoms with Crippen LogP contribution in [0.1, 0.15) is 21.6 Å². The number of ketones is 1. The predicted octanol–water partition coefficient (Wildman–Crippen LogP) is 9.16. The zero-order valence-electron chi connectivity index (χ0n) is 32.8. The van der Waals surface area contributed by atoms with Gasteiger partial charge in [0.05, 0.1) is 6.20 Å². The van der Waals surface area contributed by atoms with Gasteiger partial charge in [0.1, 0.15) is 52.7 Å². The van der Waals surface area contributed by atoms with Crippen LogP contribution in [0.2, 0.25) is 0 Å². The van der Waals surface area contributed by atoms with Crippen molar-refractivity contribution in [1.29, 1.82) is 0 Å². The fraction of sp³-hybridized carbons (Fsp3) is 0.0227. The van der Waals surface area contributed by atoms with Crippen molar-refractivity contribution in [2.45, 2.75) is 6.54 Å². The molecule has 0 saturated heterocycles. The molecule has 0 unspecified atom stereocenters. The highest BCUT2D eigenvalue weighted by atomic mass is 19.2. The highest BCUT2D eigenvalue weighted by molar-refractivity contribution is 7.20. The topological polar surface area (TPSA) is 33.8 Å². The fourth-order valence-electron chi connectivity index (χ4n) is 7.15. The van der Waals surface area contributed by atoms with Gasteiger partial charge in [-0.1, -0.05) is 66.7 Å². The number of aromatic nitrogens is 2. The van der Waals surface area contributed by atoms with E-state index in [1.54, 1.807) is 24.5 Å². The smallest absolute Gasteiger partial charge is 0.210 e. The SMILES string of the molecule is Fc1c(F)c(F)c([B-](c2c(F)c(F)c(F)c(F)c2F)(c2c(F)c(F)c(F)c(F)c2F)c2c(F)c(F)c(F)c(F)c2F)c(F)c1F.O=C(C=Cc1ccccc1)c1c[n+](Cc2ccccc2)ccn1. The summed E-state index contributed by atoms with van der Waals surface area (Å²) < 4.78 is 296. The van der Waals surface area contributed by atoms with E-state index in [4.69, 9.17) is 0 Å². The Labute approximate surface area is 366 Å². The molecule has 3 nitrogen and oxygen atoms in total. The number of benzene rings is 6. The van der Waals surface area contributed by atoms with Gasteiger partial charge in [-0.05, 0) is 11.6 Å². The first kappa shape index (κ1) is 49.9. The number of hydrogen-bond donors (Lipinski definition) is 0. The molecule has 68 heavy (non-hydrogen) atoms. The van der Waals surface area contributed by atoms with Crippen LogP contribution in [0, 0.1) is 116 Å². The second-order valence-corrected chi connectivity index (χ2v) is 14.0. The number of carbonyl (C=O) groups excluding carboxylic acids is 1. The molecule has 0 aliphatic heterocycles. The number of carbonyl (C=O) groups is 1. The molecule has 0 amide bonds. The molecule has 352 valence electrons. The van der Waals surface area contributed by atoms with Gasteiger partial charge in [-0.2, -0.15) is 4.57 Å². The molecule has 0 N–H and O–H groups in total. The van der Waals surface area contributed by atoms with Crippen molar-refractivity contribution in [2.24, 2.45) is 0 Å². The van der Waals surface area contributed by atoms with E-state index >= 15 is 35.1 Å². The number of allylic oxidation sites excluding steroid dienone is 1. The summed E-state index contributed by atoms with van der Waals surface area (Å²) in [5, 5.41) is 0. The number of hydrogen-bond acceptors (Lipinski definition) is 2. The minimum Gasteiger partial charge on any atom is -0.287 e. The molecule has 1 heterocycles. The lowest BCUT2D eigenvalue weighted by molar-refractivity contribution is -0.689. The second-order valence-electron chi connectivity index (χ2n) is 14.0. The normalized spacial score (nSPS) is 11.6. The van der Waals surface area contributed by atoms with E-state index in [2.05, 4.69) is 17.1 Å². The van der Waals surface area contributed by atoms with Crippen LogP contribution in [0.4, 0.5) is 87.8 Å². The van der Waals surface area contributed by atoms with Crippen LogP contribution in [-0.2, 0) is 6.54 Å². The van der Waals surface area contributed by atoms with Crippen molar-refractivity contribution >= 4 is 39.9 Å². The van der Waals surface area contributed by atoms with Gasteiger partial charge in [-0.3, -0.25) is 4.79 Å². The summed E-state index contributed by atoms with van der Waals surface area (Å²) in [4.78, 5) is 16.4. The average molecular weight is 980 g/mol. The van der Waals surface area contributed by atoms with Gasteiger partial charge in [0.15, 0.2) is 94.4 Å². The summed E-state index contributed by atoms with van der Waals surface area (Å²) in [7, 11) is 0. The Morgan fingerprint density at radius 1 is 0.426 bits per heavy atom. The summed E-state index contributed by atoms with van der Waals surface area (Å²) in [5.41, 5.74) is -11.7. The van der Waals surface area contributed by atoms with Crippen molar-refractivity contribution in [1.82, 2.24) is 4.98 Å². The Balaban J connectivity index is 0.000000276. The minimum atomic E-state index is -7.22. The standard InChI is InChI=1S/C24BF20.C20H17N2O/c26-5-1(6(27)14(35)21(42)13(5)34)25(2-7(28)15(36)22(43)16(37)8(2)29,3-9(30)17(38)23(44)18(39)10(3)31)4-11(32)19(40)24(45)20(41)12(4)33;23-20(12-11-17-7-3-1-4-8-17)19-16-22(14-13-21-19)15-18-9-5-2-6-10-18/h;1-14,16H,15H2/q-1;+1. The first-order chi connectivity index (χ1) is 32.0. The first-order valence-electron chi connectivity index (χ1n) is 18.4. The molecule has 0 radical (unpaired) electrons. The lowest BCUT2D eigenvalue weighted by atomic mass is 9.12. The minimum absolute atomic E-state index is 0.101.